The maximum atomic E-state index is 12.5. The molecule has 0 spiro atoms. The van der Waals surface area contributed by atoms with Crippen molar-refractivity contribution < 1.29 is 13.2 Å². The van der Waals surface area contributed by atoms with E-state index in [0.717, 1.165) is 22.8 Å². The van der Waals surface area contributed by atoms with Crippen molar-refractivity contribution in [3.8, 4) is 11.3 Å². The normalized spacial score (nSPS) is 12.2. The van der Waals surface area contributed by atoms with Crippen molar-refractivity contribution in [1.82, 2.24) is 9.38 Å². The van der Waals surface area contributed by atoms with E-state index < -0.39 is 11.7 Å². The molecule has 0 saturated carbocycles. The first-order valence-corrected chi connectivity index (χ1v) is 6.80. The van der Waals surface area contributed by atoms with Gasteiger partial charge in [0.05, 0.1) is 11.3 Å². The average molecular weight is 296 g/mol. The summed E-state index contributed by atoms with van der Waals surface area (Å²) in [6, 6.07) is 5.08. The van der Waals surface area contributed by atoms with Gasteiger partial charge in [0.25, 0.3) is 0 Å². The molecule has 0 aliphatic rings. The molecule has 0 atom stereocenters. The van der Waals surface area contributed by atoms with E-state index in [-0.39, 0.29) is 0 Å². The molecule has 0 saturated heterocycles. The van der Waals surface area contributed by atoms with Gasteiger partial charge in [-0.1, -0.05) is 12.1 Å². The summed E-state index contributed by atoms with van der Waals surface area (Å²) >= 11 is 1.57. The Morgan fingerprint density at radius 3 is 2.30 bits per heavy atom. The van der Waals surface area contributed by atoms with Crippen LogP contribution in [0.25, 0.3) is 16.2 Å². The lowest BCUT2D eigenvalue weighted by Crippen LogP contribution is -2.03. The Morgan fingerprint density at radius 2 is 1.75 bits per heavy atom. The zero-order valence-electron chi connectivity index (χ0n) is 10.8. The number of imidazole rings is 1. The summed E-state index contributed by atoms with van der Waals surface area (Å²) < 4.78 is 39.5. The van der Waals surface area contributed by atoms with Gasteiger partial charge in [-0.3, -0.25) is 4.40 Å². The van der Waals surface area contributed by atoms with Crippen LogP contribution < -0.4 is 0 Å². The molecule has 0 fully saturated rings. The van der Waals surface area contributed by atoms with Crippen LogP contribution in [0.5, 0.6) is 0 Å². The topological polar surface area (TPSA) is 17.3 Å². The molecule has 2 nitrogen and oxygen atoms in total. The number of hydrogen-bond donors (Lipinski definition) is 0. The van der Waals surface area contributed by atoms with E-state index >= 15 is 0 Å². The highest BCUT2D eigenvalue weighted by Crippen LogP contribution is 2.31. The molecule has 3 rings (SSSR count). The van der Waals surface area contributed by atoms with Crippen molar-refractivity contribution in [1.29, 1.82) is 0 Å². The highest BCUT2D eigenvalue weighted by atomic mass is 32.1. The first-order chi connectivity index (χ1) is 9.36. The van der Waals surface area contributed by atoms with Gasteiger partial charge in [0.15, 0.2) is 4.96 Å². The van der Waals surface area contributed by atoms with Crippen molar-refractivity contribution >= 4 is 16.3 Å². The molecule has 0 N–H and O–H groups in total. The molecule has 0 bridgehead atoms. The lowest BCUT2D eigenvalue weighted by atomic mass is 10.1. The predicted octanol–water partition coefficient (Wildman–Crippen LogP) is 4.70. The van der Waals surface area contributed by atoms with Gasteiger partial charge in [0.2, 0.25) is 0 Å². The van der Waals surface area contributed by atoms with Gasteiger partial charge in [0, 0.05) is 22.3 Å². The van der Waals surface area contributed by atoms with Crippen molar-refractivity contribution in [3.63, 3.8) is 0 Å². The minimum atomic E-state index is -4.30. The number of thiazole rings is 1. The molecule has 2 aromatic heterocycles. The number of fused-ring (bicyclic) bond motifs is 1. The second kappa shape index (κ2) is 4.34. The molecule has 0 amide bonds. The van der Waals surface area contributed by atoms with E-state index in [1.165, 1.54) is 17.0 Å². The second-order valence-electron chi connectivity index (χ2n) is 4.60. The predicted molar refractivity (Wildman–Crippen MR) is 73.0 cm³/mol. The molecule has 3 aromatic rings. The number of hydrogen-bond acceptors (Lipinski definition) is 2. The first kappa shape index (κ1) is 13.2. The summed E-state index contributed by atoms with van der Waals surface area (Å²) in [5.74, 6) is 0. The van der Waals surface area contributed by atoms with E-state index in [9.17, 15) is 13.2 Å². The van der Waals surface area contributed by atoms with Crippen molar-refractivity contribution in [2.24, 2.45) is 0 Å². The Bertz CT molecular complexity index is 766. The van der Waals surface area contributed by atoms with Crippen LogP contribution in [-0.4, -0.2) is 9.38 Å². The van der Waals surface area contributed by atoms with Crippen LogP contribution in [0.15, 0.2) is 30.5 Å². The minimum Gasteiger partial charge on any atom is -0.294 e. The smallest absolute Gasteiger partial charge is 0.294 e. The monoisotopic (exact) mass is 296 g/mol. The highest BCUT2D eigenvalue weighted by Gasteiger charge is 2.30. The van der Waals surface area contributed by atoms with Crippen LogP contribution in [0.3, 0.4) is 0 Å². The zero-order chi connectivity index (χ0) is 14.5. The molecular weight excluding hydrogens is 285 g/mol. The van der Waals surface area contributed by atoms with Gasteiger partial charge in [-0.05, 0) is 26.0 Å². The van der Waals surface area contributed by atoms with E-state index in [1.807, 2.05) is 24.4 Å². The first-order valence-electron chi connectivity index (χ1n) is 5.99. The fourth-order valence-electron chi connectivity index (χ4n) is 2.03. The molecule has 1 aromatic carbocycles. The van der Waals surface area contributed by atoms with Crippen LogP contribution >= 0.6 is 11.3 Å². The van der Waals surface area contributed by atoms with Gasteiger partial charge in [-0.15, -0.1) is 11.3 Å². The fourth-order valence-corrected chi connectivity index (χ4v) is 2.98. The third-order valence-corrected chi connectivity index (χ3v) is 4.37. The van der Waals surface area contributed by atoms with Gasteiger partial charge in [0.1, 0.15) is 0 Å². The summed E-state index contributed by atoms with van der Waals surface area (Å²) in [5, 5.41) is 0. The quantitative estimate of drug-likeness (QED) is 0.636. The van der Waals surface area contributed by atoms with Gasteiger partial charge in [-0.2, -0.15) is 13.2 Å². The van der Waals surface area contributed by atoms with Crippen LogP contribution in [-0.2, 0) is 6.18 Å². The summed E-state index contributed by atoms with van der Waals surface area (Å²) in [6.07, 6.45) is -2.45. The summed E-state index contributed by atoms with van der Waals surface area (Å²) in [6.45, 7) is 4.02. The molecular formula is C14H11F3N2S. The number of aryl methyl sites for hydroxylation is 2. The van der Waals surface area contributed by atoms with Gasteiger partial charge >= 0.3 is 6.18 Å². The molecule has 6 heteroatoms. The zero-order valence-corrected chi connectivity index (χ0v) is 11.6. The number of aromatic nitrogens is 2. The van der Waals surface area contributed by atoms with E-state index in [2.05, 4.69) is 4.98 Å². The van der Waals surface area contributed by atoms with Crippen LogP contribution in [0.2, 0.25) is 0 Å². The number of halogens is 3. The highest BCUT2D eigenvalue weighted by molar-refractivity contribution is 7.17. The van der Waals surface area contributed by atoms with Crippen molar-refractivity contribution in [3.05, 3.63) is 46.6 Å². The third-order valence-electron chi connectivity index (χ3n) is 3.30. The molecule has 0 radical (unpaired) electrons. The molecule has 0 unspecified atom stereocenters. The Labute approximate surface area is 117 Å². The molecule has 2 heterocycles. The molecule has 0 aliphatic heterocycles. The Balaban J connectivity index is 2.02. The van der Waals surface area contributed by atoms with Crippen LogP contribution in [0.4, 0.5) is 13.2 Å². The summed E-state index contributed by atoms with van der Waals surface area (Å²) in [7, 11) is 0. The van der Waals surface area contributed by atoms with E-state index in [1.54, 1.807) is 11.3 Å². The molecule has 104 valence electrons. The maximum absolute atomic E-state index is 12.5. The standard InChI is InChI=1S/C14H11F3N2S/c1-8-9(2)20-13-18-12(7-19(8)13)10-3-5-11(6-4-10)14(15,16)17/h3-7H,1-2H3. The van der Waals surface area contributed by atoms with Gasteiger partial charge in [-0.25, -0.2) is 4.98 Å². The third kappa shape index (κ3) is 2.10. The Kier molecular flexibility index (Phi) is 2.86. The van der Waals surface area contributed by atoms with Crippen molar-refractivity contribution in [2.45, 2.75) is 20.0 Å². The Hall–Kier alpha value is -1.82. The maximum Gasteiger partial charge on any atom is 0.416 e. The van der Waals surface area contributed by atoms with Crippen LogP contribution in [0, 0.1) is 13.8 Å². The van der Waals surface area contributed by atoms with E-state index in [0.29, 0.717) is 11.3 Å². The summed E-state index contributed by atoms with van der Waals surface area (Å²) in [4.78, 5) is 6.50. The molecule has 20 heavy (non-hydrogen) atoms. The van der Waals surface area contributed by atoms with Crippen molar-refractivity contribution in [2.75, 3.05) is 0 Å². The second-order valence-corrected chi connectivity index (χ2v) is 5.78. The number of nitrogens with zero attached hydrogens (tertiary/aromatic N) is 2. The lowest BCUT2D eigenvalue weighted by molar-refractivity contribution is -0.137. The van der Waals surface area contributed by atoms with E-state index in [4.69, 9.17) is 0 Å². The number of rotatable bonds is 1. The minimum absolute atomic E-state index is 0.644. The SMILES string of the molecule is Cc1sc2nc(-c3ccc(C(F)(F)F)cc3)cn2c1C. The largest absolute Gasteiger partial charge is 0.416 e. The Morgan fingerprint density at radius 1 is 1.10 bits per heavy atom. The number of alkyl halides is 3. The average Bonchev–Trinajstić information content (AvgIpc) is 2.90. The fraction of sp³-hybridized carbons (Fsp3) is 0.214. The van der Waals surface area contributed by atoms with Gasteiger partial charge < -0.3 is 0 Å². The number of benzene rings is 1. The summed E-state index contributed by atoms with van der Waals surface area (Å²) in [5.41, 5.74) is 1.84. The molecule has 0 aliphatic carbocycles. The lowest BCUT2D eigenvalue weighted by Gasteiger charge is -2.06. The van der Waals surface area contributed by atoms with Crippen LogP contribution in [0.1, 0.15) is 16.1 Å².